The first kappa shape index (κ1) is 25.0. The van der Waals surface area contributed by atoms with Gasteiger partial charge >= 0.3 is 5.97 Å². The van der Waals surface area contributed by atoms with Crippen LogP contribution in [-0.2, 0) is 19.1 Å². The van der Waals surface area contributed by atoms with Crippen LogP contribution < -0.4 is 5.32 Å². The molecule has 0 aromatic heterocycles. The zero-order valence-electron chi connectivity index (χ0n) is 18.4. The van der Waals surface area contributed by atoms with Gasteiger partial charge in [0.2, 0.25) is 17.7 Å². The maximum absolute atomic E-state index is 12.1. The van der Waals surface area contributed by atoms with Crippen molar-refractivity contribution >= 4 is 23.7 Å². The van der Waals surface area contributed by atoms with E-state index in [0.29, 0.717) is 11.8 Å². The molecule has 2 N–H and O–H groups in total. The topological polar surface area (TPSA) is 113 Å². The van der Waals surface area contributed by atoms with Gasteiger partial charge in [-0.3, -0.25) is 14.5 Å². The van der Waals surface area contributed by atoms with Gasteiger partial charge in [-0.15, -0.1) is 0 Å². The number of likely N-dealkylation sites (N-methyl/N-ethyl adjacent to an activating group) is 1. The van der Waals surface area contributed by atoms with Crippen molar-refractivity contribution in [1.29, 1.82) is 0 Å². The lowest BCUT2D eigenvalue weighted by atomic mass is 10.1. The molecule has 9 heteroatoms. The number of hydrogen-bond donors (Lipinski definition) is 2. The van der Waals surface area contributed by atoms with E-state index in [0.717, 1.165) is 32.1 Å². The summed E-state index contributed by atoms with van der Waals surface area (Å²) in [4.78, 5) is 34.3. The van der Waals surface area contributed by atoms with E-state index in [4.69, 9.17) is 14.8 Å². The highest BCUT2D eigenvalue weighted by molar-refractivity contribution is 6.04. The van der Waals surface area contributed by atoms with Crippen molar-refractivity contribution in [1.82, 2.24) is 10.2 Å². The molecule has 166 valence electrons. The second-order valence-electron chi connectivity index (χ2n) is 7.66. The minimum Gasteiger partial charge on any atom is -0.468 e. The van der Waals surface area contributed by atoms with Crippen LogP contribution in [0, 0.1) is 0 Å². The van der Waals surface area contributed by atoms with Crippen molar-refractivity contribution in [3.63, 3.8) is 0 Å². The van der Waals surface area contributed by atoms with Gasteiger partial charge in [0.25, 0.3) is 0 Å². The third-order valence-corrected chi connectivity index (χ3v) is 4.67. The molecule has 0 bridgehead atoms. The molecule has 29 heavy (non-hydrogen) atoms. The first-order valence-corrected chi connectivity index (χ1v) is 10.2. The van der Waals surface area contributed by atoms with Gasteiger partial charge in [-0.1, -0.05) is 32.6 Å². The monoisotopic (exact) mass is 412 g/mol. The number of unbranched alkanes of at least 4 members (excludes halogenated alkanes) is 3. The number of aliphatic hydroxyl groups is 1. The summed E-state index contributed by atoms with van der Waals surface area (Å²) in [6.45, 7) is 6.07. The Morgan fingerprint density at radius 1 is 1.34 bits per heavy atom. The predicted octanol–water partition coefficient (Wildman–Crippen LogP) is 1.14. The number of nitrogens with zero attached hydrogens (tertiary/aromatic N) is 3. The van der Waals surface area contributed by atoms with Gasteiger partial charge in [0.15, 0.2) is 0 Å². The Balaban J connectivity index is 2.90. The Hall–Kier alpha value is -2.00. The molecule has 1 aliphatic heterocycles. The van der Waals surface area contributed by atoms with Gasteiger partial charge in [0, 0.05) is 6.54 Å². The van der Waals surface area contributed by atoms with Crippen molar-refractivity contribution in [2.75, 3.05) is 40.4 Å². The average Bonchev–Trinajstić information content (AvgIpc) is 2.98. The van der Waals surface area contributed by atoms with Crippen LogP contribution in [0.3, 0.4) is 0 Å². The number of methoxy groups -OCH3 is 1. The normalized spacial score (nSPS) is 17.8. The van der Waals surface area contributed by atoms with E-state index in [2.05, 4.69) is 22.0 Å². The molecule has 0 saturated carbocycles. The average molecular weight is 413 g/mol. The quantitative estimate of drug-likeness (QED) is 0.347. The number of hydrogen-bond acceptors (Lipinski definition) is 8. The molecule has 0 radical (unpaired) electrons. The molecule has 1 atom stereocenters. The number of carbonyl (C=O) groups excluding carboxylic acids is 2. The Kier molecular flexibility index (Phi) is 10.8. The number of rotatable bonds is 13. The summed E-state index contributed by atoms with van der Waals surface area (Å²) in [6, 6.07) is -0.183. The van der Waals surface area contributed by atoms with Crippen LogP contribution in [0.4, 0.5) is 0 Å². The fourth-order valence-corrected chi connectivity index (χ4v) is 3.02. The summed E-state index contributed by atoms with van der Waals surface area (Å²) >= 11 is 0. The fraction of sp³-hybridized carbons (Fsp3) is 0.800. The maximum atomic E-state index is 12.1. The molecular weight excluding hydrogens is 376 g/mol. The van der Waals surface area contributed by atoms with Crippen LogP contribution in [0.25, 0.3) is 0 Å². The number of nitrogens with one attached hydrogen (secondary N) is 1. The van der Waals surface area contributed by atoms with Crippen molar-refractivity contribution in [2.24, 2.45) is 9.98 Å². The Labute approximate surface area is 173 Å². The van der Waals surface area contributed by atoms with Crippen molar-refractivity contribution < 1.29 is 24.2 Å². The van der Waals surface area contributed by atoms with E-state index >= 15 is 0 Å². The first-order chi connectivity index (χ1) is 13.7. The lowest BCUT2D eigenvalue weighted by Crippen LogP contribution is -2.45. The predicted molar refractivity (Wildman–Crippen MR) is 112 cm³/mol. The Morgan fingerprint density at radius 2 is 2.07 bits per heavy atom. The third kappa shape index (κ3) is 8.49. The Bertz CT molecular complexity index is 604. The summed E-state index contributed by atoms with van der Waals surface area (Å²) < 4.78 is 10.6. The van der Waals surface area contributed by atoms with E-state index in [1.165, 1.54) is 7.11 Å². The van der Waals surface area contributed by atoms with Crippen LogP contribution in [0.5, 0.6) is 0 Å². The lowest BCUT2D eigenvalue weighted by molar-refractivity contribution is -0.138. The summed E-state index contributed by atoms with van der Waals surface area (Å²) in [5, 5.41) is 11.5. The largest absolute Gasteiger partial charge is 0.468 e. The van der Waals surface area contributed by atoms with Crippen LogP contribution in [0.1, 0.15) is 52.9 Å². The molecule has 1 rings (SSSR count). The number of esters is 1. The van der Waals surface area contributed by atoms with Crippen LogP contribution in [0.2, 0.25) is 0 Å². The molecule has 9 nitrogen and oxygen atoms in total. The van der Waals surface area contributed by atoms with Crippen molar-refractivity contribution in [3.05, 3.63) is 0 Å². The number of amides is 1. The molecule has 1 heterocycles. The van der Waals surface area contributed by atoms with Gasteiger partial charge in [-0.2, -0.15) is 0 Å². The number of ether oxygens (including phenoxy) is 2. The van der Waals surface area contributed by atoms with Gasteiger partial charge < -0.3 is 19.9 Å². The third-order valence-electron chi connectivity index (χ3n) is 4.67. The first-order valence-electron chi connectivity index (χ1n) is 10.2. The summed E-state index contributed by atoms with van der Waals surface area (Å²) in [6.07, 6.45) is 5.16. The molecule has 0 saturated heterocycles. The highest BCUT2D eigenvalue weighted by atomic mass is 16.5. The van der Waals surface area contributed by atoms with Crippen LogP contribution in [-0.4, -0.2) is 85.7 Å². The SMILES string of the molecule is CCCCCCC(C1=NC(C)(C)C(=NCC(=O)OC)O1)N(C)CC(=O)NCCO. The minimum atomic E-state index is -0.689. The maximum Gasteiger partial charge on any atom is 0.327 e. The van der Waals surface area contributed by atoms with Crippen molar-refractivity contribution in [3.8, 4) is 0 Å². The molecule has 1 amide bonds. The standard InChI is InChI=1S/C20H36N4O5/c1-6-7-8-9-10-15(24(4)14-16(26)21-11-12-25)18-23-20(2,3)19(29-18)22-13-17(27)28-5/h15,25H,6-14H2,1-5H3,(H,21,26). The number of carbonyl (C=O) groups is 2. The molecule has 0 aromatic carbocycles. The van der Waals surface area contributed by atoms with Gasteiger partial charge in [-0.25, -0.2) is 9.98 Å². The summed E-state index contributed by atoms with van der Waals surface area (Å²) in [5.74, 6) is 0.263. The highest BCUT2D eigenvalue weighted by Gasteiger charge is 2.39. The zero-order valence-corrected chi connectivity index (χ0v) is 18.4. The van der Waals surface area contributed by atoms with Gasteiger partial charge in [0.1, 0.15) is 12.1 Å². The smallest absolute Gasteiger partial charge is 0.327 e. The highest BCUT2D eigenvalue weighted by Crippen LogP contribution is 2.25. The fourth-order valence-electron chi connectivity index (χ4n) is 3.02. The molecule has 1 unspecified atom stereocenters. The van der Waals surface area contributed by atoms with E-state index in [9.17, 15) is 9.59 Å². The van der Waals surface area contributed by atoms with Crippen LogP contribution >= 0.6 is 0 Å². The minimum absolute atomic E-state index is 0.0973. The van der Waals surface area contributed by atoms with E-state index in [-0.39, 0.29) is 38.2 Å². The van der Waals surface area contributed by atoms with Gasteiger partial charge in [0.05, 0.1) is 26.3 Å². The van der Waals surface area contributed by atoms with E-state index in [1.807, 2.05) is 25.8 Å². The molecule has 0 aromatic rings. The number of aliphatic hydroxyl groups excluding tert-OH is 1. The number of aliphatic imine (C=N–C) groups is 2. The second-order valence-corrected chi connectivity index (χ2v) is 7.66. The molecule has 0 spiro atoms. The zero-order chi connectivity index (χ0) is 21.9. The molecule has 1 aliphatic rings. The molecule has 0 fully saturated rings. The van der Waals surface area contributed by atoms with E-state index in [1.54, 1.807) is 0 Å². The molecule has 0 aliphatic carbocycles. The lowest BCUT2D eigenvalue weighted by Gasteiger charge is -2.26. The van der Waals surface area contributed by atoms with Crippen LogP contribution in [0.15, 0.2) is 9.98 Å². The summed E-state index contributed by atoms with van der Waals surface area (Å²) in [7, 11) is 3.17. The second kappa shape index (κ2) is 12.5. The molecular formula is C20H36N4O5. The van der Waals surface area contributed by atoms with Crippen molar-refractivity contribution in [2.45, 2.75) is 64.5 Å². The Morgan fingerprint density at radius 3 is 2.69 bits per heavy atom. The van der Waals surface area contributed by atoms with Gasteiger partial charge in [-0.05, 0) is 27.3 Å². The summed E-state index contributed by atoms with van der Waals surface area (Å²) in [5.41, 5.74) is -0.689. The van der Waals surface area contributed by atoms with E-state index < -0.39 is 11.5 Å².